The minimum Gasteiger partial charge on any atom is -0.395 e. The van der Waals surface area contributed by atoms with Gasteiger partial charge >= 0.3 is 0 Å². The van der Waals surface area contributed by atoms with Gasteiger partial charge in [0.15, 0.2) is 0 Å². The number of benzene rings is 1. The summed E-state index contributed by atoms with van der Waals surface area (Å²) in [6.45, 7) is 7.02. The molecule has 0 spiro atoms. The summed E-state index contributed by atoms with van der Waals surface area (Å²) >= 11 is 0. The highest BCUT2D eigenvalue weighted by Crippen LogP contribution is 2.17. The van der Waals surface area contributed by atoms with E-state index in [0.29, 0.717) is 6.54 Å². The van der Waals surface area contributed by atoms with Crippen LogP contribution < -0.4 is 5.32 Å². The van der Waals surface area contributed by atoms with Crippen molar-refractivity contribution in [1.82, 2.24) is 9.62 Å². The predicted molar refractivity (Wildman–Crippen MR) is 79.9 cm³/mol. The molecule has 1 aromatic carbocycles. The third kappa shape index (κ3) is 4.42. The van der Waals surface area contributed by atoms with Gasteiger partial charge in [0.1, 0.15) is 0 Å². The summed E-state index contributed by atoms with van der Waals surface area (Å²) in [5, 5.41) is 12.2. The maximum absolute atomic E-state index is 12.5. The van der Waals surface area contributed by atoms with Crippen molar-refractivity contribution >= 4 is 10.0 Å². The lowest BCUT2D eigenvalue weighted by Gasteiger charge is -2.20. The van der Waals surface area contributed by atoms with Crippen molar-refractivity contribution in [2.45, 2.75) is 18.4 Å². The summed E-state index contributed by atoms with van der Waals surface area (Å²) in [5.41, 5.74) is 0.912. The normalized spacial score (nSPS) is 11.8. The number of rotatable bonds is 9. The Kier molecular flexibility index (Phi) is 6.87. The van der Waals surface area contributed by atoms with Crippen molar-refractivity contribution in [1.29, 1.82) is 0 Å². The molecule has 0 aromatic heterocycles. The van der Waals surface area contributed by atoms with E-state index >= 15 is 0 Å². The van der Waals surface area contributed by atoms with Crippen LogP contribution in [-0.2, 0) is 16.6 Å². The van der Waals surface area contributed by atoms with Crippen LogP contribution in [0.4, 0.5) is 0 Å². The quantitative estimate of drug-likeness (QED) is 0.666. The standard InChI is InChI=1S/C14H22N2O3S/c1-3-8-16(9-10-17)20(18,19)14-7-5-6-13(11-14)12-15-4-2/h3,5-7,11,15,17H,1,4,8-10,12H2,2H3. The summed E-state index contributed by atoms with van der Waals surface area (Å²) in [7, 11) is -3.60. The van der Waals surface area contributed by atoms with Crippen LogP contribution in [0.25, 0.3) is 0 Å². The largest absolute Gasteiger partial charge is 0.395 e. The van der Waals surface area contributed by atoms with Crippen molar-refractivity contribution in [3.63, 3.8) is 0 Å². The topological polar surface area (TPSA) is 69.6 Å². The number of aliphatic hydroxyl groups is 1. The van der Waals surface area contributed by atoms with E-state index in [2.05, 4.69) is 11.9 Å². The molecule has 0 saturated carbocycles. The van der Waals surface area contributed by atoms with Crippen LogP contribution in [0, 0.1) is 0 Å². The van der Waals surface area contributed by atoms with Gasteiger partial charge in [0, 0.05) is 19.6 Å². The van der Waals surface area contributed by atoms with E-state index in [4.69, 9.17) is 5.11 Å². The highest BCUT2D eigenvalue weighted by Gasteiger charge is 2.22. The average molecular weight is 298 g/mol. The van der Waals surface area contributed by atoms with E-state index in [1.54, 1.807) is 18.2 Å². The molecule has 0 amide bonds. The smallest absolute Gasteiger partial charge is 0.243 e. The summed E-state index contributed by atoms with van der Waals surface area (Å²) in [6, 6.07) is 6.83. The maximum Gasteiger partial charge on any atom is 0.243 e. The first-order chi connectivity index (χ1) is 9.56. The molecule has 0 saturated heterocycles. The highest BCUT2D eigenvalue weighted by atomic mass is 32.2. The third-order valence-corrected chi connectivity index (χ3v) is 4.66. The van der Waals surface area contributed by atoms with Gasteiger partial charge in [-0.15, -0.1) is 6.58 Å². The van der Waals surface area contributed by atoms with Crippen LogP contribution in [0.15, 0.2) is 41.8 Å². The SMILES string of the molecule is C=CCN(CCO)S(=O)(=O)c1cccc(CNCC)c1. The molecule has 20 heavy (non-hydrogen) atoms. The molecule has 1 aromatic rings. The lowest BCUT2D eigenvalue weighted by Crippen LogP contribution is -2.33. The minimum absolute atomic E-state index is 0.0613. The molecule has 0 heterocycles. The fourth-order valence-corrected chi connectivity index (χ4v) is 3.27. The zero-order chi connectivity index (χ0) is 15.0. The van der Waals surface area contributed by atoms with Gasteiger partial charge in [0.25, 0.3) is 0 Å². The van der Waals surface area contributed by atoms with Crippen LogP contribution in [0.1, 0.15) is 12.5 Å². The Balaban J connectivity index is 3.03. The summed E-state index contributed by atoms with van der Waals surface area (Å²) in [4.78, 5) is 0.239. The zero-order valence-corrected chi connectivity index (χ0v) is 12.6. The van der Waals surface area contributed by atoms with Crippen molar-refractivity contribution in [3.05, 3.63) is 42.5 Å². The Labute approximate surface area is 121 Å². The zero-order valence-electron chi connectivity index (χ0n) is 11.7. The number of sulfonamides is 1. The molecule has 0 aliphatic carbocycles. The van der Waals surface area contributed by atoms with Crippen molar-refractivity contribution in [2.75, 3.05) is 26.2 Å². The number of nitrogens with zero attached hydrogens (tertiary/aromatic N) is 1. The monoisotopic (exact) mass is 298 g/mol. The Morgan fingerprint density at radius 2 is 2.20 bits per heavy atom. The van der Waals surface area contributed by atoms with Gasteiger partial charge in [-0.05, 0) is 24.2 Å². The molecule has 0 unspecified atom stereocenters. The first-order valence-corrected chi connectivity index (χ1v) is 8.01. The molecule has 2 N–H and O–H groups in total. The molecule has 0 fully saturated rings. The van der Waals surface area contributed by atoms with E-state index in [0.717, 1.165) is 12.1 Å². The molecule has 5 nitrogen and oxygen atoms in total. The van der Waals surface area contributed by atoms with Gasteiger partial charge in [0.05, 0.1) is 11.5 Å². The Morgan fingerprint density at radius 3 is 2.80 bits per heavy atom. The number of nitrogens with one attached hydrogen (secondary N) is 1. The summed E-state index contributed by atoms with van der Waals surface area (Å²) in [6.07, 6.45) is 1.51. The average Bonchev–Trinajstić information content (AvgIpc) is 2.45. The first-order valence-electron chi connectivity index (χ1n) is 6.57. The number of hydrogen-bond acceptors (Lipinski definition) is 4. The second kappa shape index (κ2) is 8.16. The van der Waals surface area contributed by atoms with E-state index in [1.165, 1.54) is 10.4 Å². The maximum atomic E-state index is 12.5. The Hall–Kier alpha value is -1.21. The van der Waals surface area contributed by atoms with Crippen molar-refractivity contribution in [3.8, 4) is 0 Å². The molecule has 1 rings (SSSR count). The van der Waals surface area contributed by atoms with E-state index in [-0.39, 0.29) is 24.6 Å². The summed E-state index contributed by atoms with van der Waals surface area (Å²) < 4.78 is 26.2. The van der Waals surface area contributed by atoms with E-state index in [9.17, 15) is 8.42 Å². The van der Waals surface area contributed by atoms with Gasteiger partial charge < -0.3 is 10.4 Å². The van der Waals surface area contributed by atoms with Crippen LogP contribution >= 0.6 is 0 Å². The lowest BCUT2D eigenvalue weighted by atomic mass is 10.2. The molecular formula is C14H22N2O3S. The van der Waals surface area contributed by atoms with Crippen LogP contribution in [-0.4, -0.2) is 44.1 Å². The van der Waals surface area contributed by atoms with Crippen molar-refractivity contribution < 1.29 is 13.5 Å². The van der Waals surface area contributed by atoms with Gasteiger partial charge in [-0.1, -0.05) is 25.1 Å². The second-order valence-electron chi connectivity index (χ2n) is 4.30. The minimum atomic E-state index is -3.60. The lowest BCUT2D eigenvalue weighted by molar-refractivity contribution is 0.260. The molecule has 112 valence electrons. The predicted octanol–water partition coefficient (Wildman–Crippen LogP) is 0.965. The van der Waals surface area contributed by atoms with E-state index in [1.807, 2.05) is 13.0 Å². The molecule has 0 radical (unpaired) electrons. The molecule has 0 bridgehead atoms. The van der Waals surface area contributed by atoms with Gasteiger partial charge in [0.2, 0.25) is 10.0 Å². The molecule has 0 atom stereocenters. The molecular weight excluding hydrogens is 276 g/mol. The molecule has 6 heteroatoms. The van der Waals surface area contributed by atoms with E-state index < -0.39 is 10.0 Å². The molecule has 0 aliphatic rings. The molecule has 0 aliphatic heterocycles. The Morgan fingerprint density at radius 1 is 1.45 bits per heavy atom. The van der Waals surface area contributed by atoms with Crippen molar-refractivity contribution in [2.24, 2.45) is 0 Å². The van der Waals surface area contributed by atoms with Gasteiger partial charge in [-0.25, -0.2) is 8.42 Å². The highest BCUT2D eigenvalue weighted by molar-refractivity contribution is 7.89. The van der Waals surface area contributed by atoms with Crippen LogP contribution in [0.2, 0.25) is 0 Å². The summed E-state index contributed by atoms with van der Waals surface area (Å²) in [5.74, 6) is 0. The van der Waals surface area contributed by atoms with Gasteiger partial charge in [-0.2, -0.15) is 4.31 Å². The van der Waals surface area contributed by atoms with Crippen LogP contribution in [0.5, 0.6) is 0 Å². The number of hydrogen-bond donors (Lipinski definition) is 2. The second-order valence-corrected chi connectivity index (χ2v) is 6.24. The fourth-order valence-electron chi connectivity index (χ4n) is 1.80. The number of aliphatic hydroxyl groups excluding tert-OH is 1. The van der Waals surface area contributed by atoms with Gasteiger partial charge in [-0.3, -0.25) is 0 Å². The third-order valence-electron chi connectivity index (χ3n) is 2.80. The first kappa shape index (κ1) is 16.8. The van der Waals surface area contributed by atoms with Crippen LogP contribution in [0.3, 0.4) is 0 Å². The fraction of sp³-hybridized carbons (Fsp3) is 0.429. The Bertz CT molecular complexity index is 529.